The highest BCUT2D eigenvalue weighted by atomic mass is 15.3. The van der Waals surface area contributed by atoms with E-state index in [4.69, 9.17) is 0 Å². The molecule has 0 spiro atoms. The maximum atomic E-state index is 4.57. The van der Waals surface area contributed by atoms with Crippen LogP contribution in [0.4, 0.5) is 0 Å². The lowest BCUT2D eigenvalue weighted by molar-refractivity contribution is 0.303. The molecule has 0 fully saturated rings. The monoisotopic (exact) mass is 324 g/mol. The summed E-state index contributed by atoms with van der Waals surface area (Å²) in [6.07, 6.45) is 1.62. The molecule has 0 N–H and O–H groups in total. The lowest BCUT2D eigenvalue weighted by atomic mass is 10.2. The molecule has 6 nitrogen and oxygen atoms in total. The molecule has 126 valence electrons. The third kappa shape index (κ3) is 3.54. The van der Waals surface area contributed by atoms with E-state index in [1.807, 2.05) is 16.3 Å². The number of hydrogen-bond donors (Lipinski definition) is 0. The maximum Gasteiger partial charge on any atom is 0.140 e. The van der Waals surface area contributed by atoms with Crippen molar-refractivity contribution in [2.24, 2.45) is 0 Å². The molecular formula is C18H24N6. The second-order valence-electron chi connectivity index (χ2n) is 6.17. The first kappa shape index (κ1) is 16.4. The molecule has 24 heavy (non-hydrogen) atoms. The van der Waals surface area contributed by atoms with Gasteiger partial charge in [-0.05, 0) is 51.6 Å². The minimum absolute atomic E-state index is 0.776. The molecule has 0 unspecified atom stereocenters. The van der Waals surface area contributed by atoms with Crippen LogP contribution in [-0.2, 0) is 19.6 Å². The maximum absolute atomic E-state index is 4.57. The van der Waals surface area contributed by atoms with Gasteiger partial charge in [-0.3, -0.25) is 4.90 Å². The molecule has 2 heterocycles. The zero-order valence-electron chi connectivity index (χ0n) is 14.8. The zero-order valence-corrected chi connectivity index (χ0v) is 14.8. The van der Waals surface area contributed by atoms with E-state index in [1.165, 1.54) is 5.56 Å². The van der Waals surface area contributed by atoms with Gasteiger partial charge in [-0.1, -0.05) is 12.1 Å². The molecule has 0 bridgehead atoms. The van der Waals surface area contributed by atoms with Gasteiger partial charge in [0.15, 0.2) is 0 Å². The van der Waals surface area contributed by atoms with Gasteiger partial charge in [0, 0.05) is 18.8 Å². The molecule has 6 heteroatoms. The Morgan fingerprint density at radius 3 is 2.67 bits per heavy atom. The number of nitrogens with zero attached hydrogens (tertiary/aromatic N) is 6. The van der Waals surface area contributed by atoms with Crippen LogP contribution in [0.2, 0.25) is 0 Å². The Balaban J connectivity index is 1.73. The van der Waals surface area contributed by atoms with Gasteiger partial charge in [0.05, 0.1) is 17.9 Å². The summed E-state index contributed by atoms with van der Waals surface area (Å²) in [5.41, 5.74) is 4.54. The molecule has 0 amide bonds. The molecule has 0 aliphatic carbocycles. The van der Waals surface area contributed by atoms with Gasteiger partial charge in [0.25, 0.3) is 0 Å². The van der Waals surface area contributed by atoms with Crippen LogP contribution in [0.1, 0.15) is 29.7 Å². The van der Waals surface area contributed by atoms with Crippen LogP contribution in [0, 0.1) is 13.8 Å². The highest BCUT2D eigenvalue weighted by Gasteiger charge is 2.09. The van der Waals surface area contributed by atoms with Gasteiger partial charge in [-0.25, -0.2) is 14.3 Å². The third-order valence-electron chi connectivity index (χ3n) is 4.02. The Bertz CT molecular complexity index is 817. The van der Waals surface area contributed by atoms with Gasteiger partial charge in [0.1, 0.15) is 12.2 Å². The normalized spacial score (nSPS) is 11.4. The van der Waals surface area contributed by atoms with Gasteiger partial charge in [-0.2, -0.15) is 10.2 Å². The fraction of sp³-hybridized carbons (Fsp3) is 0.389. The predicted octanol–water partition coefficient (Wildman–Crippen LogP) is 2.73. The van der Waals surface area contributed by atoms with Crippen molar-refractivity contribution < 1.29 is 0 Å². The zero-order chi connectivity index (χ0) is 17.1. The van der Waals surface area contributed by atoms with Crippen LogP contribution in [0.15, 0.2) is 36.7 Å². The standard InChI is InChI=1S/C18H24N6/c1-5-23-18(19-13-20-23)12-22(4)11-16-7-6-8-17(10-16)24-15(3)9-14(2)21-24/h6-10,13H,5,11-12H2,1-4H3. The summed E-state index contributed by atoms with van der Waals surface area (Å²) in [4.78, 5) is 6.59. The van der Waals surface area contributed by atoms with Crippen LogP contribution in [-0.4, -0.2) is 36.5 Å². The second kappa shape index (κ2) is 6.97. The number of benzene rings is 1. The Labute approximate surface area is 142 Å². The van der Waals surface area contributed by atoms with Crippen LogP contribution in [0.5, 0.6) is 0 Å². The molecule has 0 saturated heterocycles. The number of aryl methyl sites for hydroxylation is 3. The van der Waals surface area contributed by atoms with Crippen LogP contribution < -0.4 is 0 Å². The largest absolute Gasteiger partial charge is 0.295 e. The summed E-state index contributed by atoms with van der Waals surface area (Å²) in [6, 6.07) is 10.6. The highest BCUT2D eigenvalue weighted by Crippen LogP contribution is 2.15. The van der Waals surface area contributed by atoms with E-state index in [9.17, 15) is 0 Å². The van der Waals surface area contributed by atoms with E-state index >= 15 is 0 Å². The lowest BCUT2D eigenvalue weighted by Crippen LogP contribution is -2.20. The van der Waals surface area contributed by atoms with Crippen molar-refractivity contribution in [3.8, 4) is 5.69 Å². The molecule has 1 aromatic carbocycles. The smallest absolute Gasteiger partial charge is 0.140 e. The van der Waals surface area contributed by atoms with E-state index in [2.05, 4.69) is 71.3 Å². The Kier molecular flexibility index (Phi) is 4.76. The van der Waals surface area contributed by atoms with Crippen molar-refractivity contribution in [3.63, 3.8) is 0 Å². The summed E-state index contributed by atoms with van der Waals surface area (Å²) in [6.45, 7) is 8.65. The Morgan fingerprint density at radius 2 is 1.96 bits per heavy atom. The Hall–Kier alpha value is -2.47. The van der Waals surface area contributed by atoms with Crippen molar-refractivity contribution in [2.45, 2.75) is 40.4 Å². The van der Waals surface area contributed by atoms with Gasteiger partial charge < -0.3 is 0 Å². The first-order valence-electron chi connectivity index (χ1n) is 8.24. The summed E-state index contributed by atoms with van der Waals surface area (Å²) >= 11 is 0. The molecule has 3 rings (SSSR count). The van der Waals surface area contributed by atoms with Crippen molar-refractivity contribution in [2.75, 3.05) is 7.05 Å². The molecule has 0 saturated carbocycles. The quantitative estimate of drug-likeness (QED) is 0.699. The van der Waals surface area contributed by atoms with E-state index in [1.54, 1.807) is 6.33 Å². The summed E-state index contributed by atoms with van der Waals surface area (Å²) < 4.78 is 3.93. The molecule has 2 aromatic heterocycles. The van der Waals surface area contributed by atoms with Crippen molar-refractivity contribution >= 4 is 0 Å². The second-order valence-corrected chi connectivity index (χ2v) is 6.17. The first-order chi connectivity index (χ1) is 11.6. The summed E-state index contributed by atoms with van der Waals surface area (Å²) in [5.74, 6) is 0.995. The first-order valence-corrected chi connectivity index (χ1v) is 8.24. The topological polar surface area (TPSA) is 51.8 Å². The minimum atomic E-state index is 0.776. The SMILES string of the molecule is CCn1ncnc1CN(C)Cc1cccc(-n2nc(C)cc2C)c1. The number of aromatic nitrogens is 5. The molecule has 3 aromatic rings. The minimum Gasteiger partial charge on any atom is -0.295 e. The fourth-order valence-corrected chi connectivity index (χ4v) is 2.96. The summed E-state index contributed by atoms with van der Waals surface area (Å²) in [5, 5.41) is 8.79. The van der Waals surface area contributed by atoms with Gasteiger partial charge >= 0.3 is 0 Å². The summed E-state index contributed by atoms with van der Waals surface area (Å²) in [7, 11) is 2.10. The highest BCUT2D eigenvalue weighted by molar-refractivity contribution is 5.37. The van der Waals surface area contributed by atoms with E-state index in [0.29, 0.717) is 0 Å². The number of hydrogen-bond acceptors (Lipinski definition) is 4. The van der Waals surface area contributed by atoms with Gasteiger partial charge in [-0.15, -0.1) is 0 Å². The van der Waals surface area contributed by atoms with Crippen LogP contribution in [0.3, 0.4) is 0 Å². The molecule has 0 radical (unpaired) electrons. The Morgan fingerprint density at radius 1 is 1.12 bits per heavy atom. The molecule has 0 aliphatic rings. The van der Waals surface area contributed by atoms with E-state index < -0.39 is 0 Å². The molecule has 0 atom stereocenters. The van der Waals surface area contributed by atoms with E-state index in [-0.39, 0.29) is 0 Å². The predicted molar refractivity (Wildman–Crippen MR) is 93.9 cm³/mol. The fourth-order valence-electron chi connectivity index (χ4n) is 2.96. The third-order valence-corrected chi connectivity index (χ3v) is 4.02. The number of rotatable bonds is 6. The lowest BCUT2D eigenvalue weighted by Gasteiger charge is -2.17. The van der Waals surface area contributed by atoms with E-state index in [0.717, 1.165) is 42.5 Å². The average Bonchev–Trinajstić information content (AvgIpc) is 3.13. The molecular weight excluding hydrogens is 300 g/mol. The van der Waals surface area contributed by atoms with Gasteiger partial charge in [0.2, 0.25) is 0 Å². The molecule has 0 aliphatic heterocycles. The van der Waals surface area contributed by atoms with Crippen molar-refractivity contribution in [1.82, 2.24) is 29.4 Å². The average molecular weight is 324 g/mol. The van der Waals surface area contributed by atoms with Crippen molar-refractivity contribution in [3.05, 3.63) is 59.4 Å². The van der Waals surface area contributed by atoms with Crippen LogP contribution >= 0.6 is 0 Å². The van der Waals surface area contributed by atoms with Crippen molar-refractivity contribution in [1.29, 1.82) is 0 Å². The van der Waals surface area contributed by atoms with Crippen LogP contribution in [0.25, 0.3) is 5.69 Å².